The quantitative estimate of drug-likeness (QED) is 0.786. The molecule has 4 heteroatoms. The van der Waals surface area contributed by atoms with E-state index >= 15 is 0 Å². The molecular weight excluding hydrogens is 256 g/mol. The van der Waals surface area contributed by atoms with E-state index in [1.54, 1.807) is 0 Å². The molecule has 0 amide bonds. The van der Waals surface area contributed by atoms with Gasteiger partial charge in [0.2, 0.25) is 0 Å². The highest BCUT2D eigenvalue weighted by atomic mass is 16.6. The van der Waals surface area contributed by atoms with Crippen LogP contribution < -0.4 is 0 Å². The molecule has 3 aliphatic rings. The summed E-state index contributed by atoms with van der Waals surface area (Å²) in [5, 5.41) is 9.72. The van der Waals surface area contributed by atoms with Gasteiger partial charge in [0.15, 0.2) is 5.78 Å². The third-order valence-electron chi connectivity index (χ3n) is 4.67. The van der Waals surface area contributed by atoms with Gasteiger partial charge in [0, 0.05) is 12.8 Å². The van der Waals surface area contributed by atoms with Gasteiger partial charge < -0.3 is 14.6 Å². The first-order chi connectivity index (χ1) is 9.70. The van der Waals surface area contributed by atoms with Gasteiger partial charge in [0.25, 0.3) is 0 Å². The summed E-state index contributed by atoms with van der Waals surface area (Å²) in [5.41, 5.74) is 0.621. The van der Waals surface area contributed by atoms with Crippen LogP contribution >= 0.6 is 0 Å². The predicted molar refractivity (Wildman–Crippen MR) is 74.2 cm³/mol. The van der Waals surface area contributed by atoms with Gasteiger partial charge in [0.05, 0.1) is 17.8 Å². The molecule has 0 aromatic heterocycles. The van der Waals surface area contributed by atoms with E-state index in [4.69, 9.17) is 9.47 Å². The van der Waals surface area contributed by atoms with Crippen LogP contribution in [0.5, 0.6) is 0 Å². The molecule has 0 saturated carbocycles. The molecule has 4 atom stereocenters. The Bertz CT molecular complexity index is 415. The Morgan fingerprint density at radius 3 is 2.95 bits per heavy atom. The number of ether oxygens (including phenoxy) is 2. The number of aliphatic hydroxyl groups excluding tert-OH is 1. The molecule has 4 nitrogen and oxygen atoms in total. The molecule has 0 spiro atoms. The molecule has 112 valence electrons. The number of fused-ring (bicyclic) bond motifs is 3. The lowest BCUT2D eigenvalue weighted by molar-refractivity contribution is -0.126. The molecule has 1 N–H and O–H groups in total. The van der Waals surface area contributed by atoms with E-state index in [0.29, 0.717) is 18.4 Å². The second-order valence-corrected chi connectivity index (χ2v) is 6.16. The first kappa shape index (κ1) is 14.1. The van der Waals surface area contributed by atoms with Crippen molar-refractivity contribution in [3.05, 3.63) is 11.3 Å². The fourth-order valence-corrected chi connectivity index (χ4v) is 3.55. The predicted octanol–water partition coefficient (Wildman–Crippen LogP) is 2.49. The van der Waals surface area contributed by atoms with Gasteiger partial charge in [-0.2, -0.15) is 0 Å². The van der Waals surface area contributed by atoms with Crippen LogP contribution in [-0.2, 0) is 14.3 Å². The van der Waals surface area contributed by atoms with E-state index in [2.05, 4.69) is 6.92 Å². The van der Waals surface area contributed by atoms with Crippen LogP contribution in [0.1, 0.15) is 58.3 Å². The zero-order valence-corrected chi connectivity index (χ0v) is 12.1. The van der Waals surface area contributed by atoms with Crippen molar-refractivity contribution < 1.29 is 19.4 Å². The normalized spacial score (nSPS) is 36.0. The number of ketones is 1. The van der Waals surface area contributed by atoms with E-state index in [-0.39, 0.29) is 24.1 Å². The van der Waals surface area contributed by atoms with Crippen molar-refractivity contribution in [2.75, 3.05) is 0 Å². The van der Waals surface area contributed by atoms with Gasteiger partial charge in [-0.25, -0.2) is 0 Å². The number of hydrogen-bond donors (Lipinski definition) is 1. The van der Waals surface area contributed by atoms with Gasteiger partial charge in [-0.05, 0) is 12.8 Å². The van der Waals surface area contributed by atoms with E-state index in [0.717, 1.165) is 25.0 Å². The zero-order chi connectivity index (χ0) is 14.1. The monoisotopic (exact) mass is 280 g/mol. The minimum absolute atomic E-state index is 0.114. The van der Waals surface area contributed by atoms with Crippen LogP contribution in [0.2, 0.25) is 0 Å². The molecular formula is C16H24O4. The summed E-state index contributed by atoms with van der Waals surface area (Å²) in [7, 11) is 0. The smallest absolute Gasteiger partial charge is 0.193 e. The maximum Gasteiger partial charge on any atom is 0.193 e. The average Bonchev–Trinajstić information content (AvgIpc) is 2.76. The van der Waals surface area contributed by atoms with Crippen LogP contribution in [0.3, 0.4) is 0 Å². The molecule has 0 unspecified atom stereocenters. The molecule has 1 aliphatic carbocycles. The maximum absolute atomic E-state index is 12.1. The van der Waals surface area contributed by atoms with Crippen molar-refractivity contribution in [2.24, 2.45) is 0 Å². The Balaban J connectivity index is 1.62. The average molecular weight is 280 g/mol. The fourth-order valence-electron chi connectivity index (χ4n) is 3.55. The molecule has 0 radical (unpaired) electrons. The number of hydrogen-bond acceptors (Lipinski definition) is 4. The van der Waals surface area contributed by atoms with E-state index in [9.17, 15) is 9.90 Å². The Morgan fingerprint density at radius 1 is 1.30 bits per heavy atom. The third kappa shape index (κ3) is 2.51. The maximum atomic E-state index is 12.1. The number of carbonyl (C=O) groups is 1. The standard InChI is InChI=1S/C16H24O4/c1-2-3-4-5-6-11-13-9-14(19-11)15-12(20-13)8-7-10(17)16(15)18/h10-11,13-14,17H,2-9H2,1H3/t10-,11+,13+,14+/m1/s1. The number of aliphatic hydroxyl groups is 1. The van der Waals surface area contributed by atoms with E-state index < -0.39 is 6.10 Å². The van der Waals surface area contributed by atoms with Crippen LogP contribution in [0.15, 0.2) is 11.3 Å². The Hall–Kier alpha value is -0.870. The van der Waals surface area contributed by atoms with Crippen LogP contribution in [0.4, 0.5) is 0 Å². The van der Waals surface area contributed by atoms with Crippen molar-refractivity contribution in [1.29, 1.82) is 0 Å². The number of rotatable bonds is 5. The summed E-state index contributed by atoms with van der Waals surface area (Å²) in [6.45, 7) is 2.21. The number of carbonyl (C=O) groups excluding carboxylic acids is 1. The Labute approximate surface area is 120 Å². The van der Waals surface area contributed by atoms with Gasteiger partial charge in [-0.3, -0.25) is 4.79 Å². The van der Waals surface area contributed by atoms with Crippen molar-refractivity contribution in [3.8, 4) is 0 Å². The zero-order valence-electron chi connectivity index (χ0n) is 12.1. The topological polar surface area (TPSA) is 55.8 Å². The summed E-state index contributed by atoms with van der Waals surface area (Å²) in [6, 6.07) is 0. The van der Waals surface area contributed by atoms with Crippen LogP contribution in [-0.4, -0.2) is 35.3 Å². The second kappa shape index (κ2) is 5.86. The molecule has 2 heterocycles. The molecule has 2 bridgehead atoms. The third-order valence-corrected chi connectivity index (χ3v) is 4.67. The Kier molecular flexibility index (Phi) is 4.13. The fraction of sp³-hybridized carbons (Fsp3) is 0.812. The lowest BCUT2D eigenvalue weighted by Gasteiger charge is -2.30. The molecule has 20 heavy (non-hydrogen) atoms. The number of Topliss-reactive ketones (excluding diaryl/α,β-unsaturated/α-hetero) is 1. The summed E-state index contributed by atoms with van der Waals surface area (Å²) in [5.74, 6) is 0.610. The molecule has 1 fully saturated rings. The van der Waals surface area contributed by atoms with Crippen LogP contribution in [0, 0.1) is 0 Å². The lowest BCUT2D eigenvalue weighted by Crippen LogP contribution is -2.36. The van der Waals surface area contributed by atoms with E-state index in [1.807, 2.05) is 0 Å². The summed E-state index contributed by atoms with van der Waals surface area (Å²) in [6.07, 6.45) is 7.06. The summed E-state index contributed by atoms with van der Waals surface area (Å²) in [4.78, 5) is 12.1. The molecule has 0 aromatic carbocycles. The van der Waals surface area contributed by atoms with Crippen LogP contribution in [0.25, 0.3) is 0 Å². The summed E-state index contributed by atoms with van der Waals surface area (Å²) >= 11 is 0. The molecule has 2 aliphatic heterocycles. The van der Waals surface area contributed by atoms with Crippen molar-refractivity contribution in [3.63, 3.8) is 0 Å². The second-order valence-electron chi connectivity index (χ2n) is 6.16. The first-order valence-electron chi connectivity index (χ1n) is 7.98. The highest BCUT2D eigenvalue weighted by Gasteiger charge is 2.48. The number of allylic oxidation sites excluding steroid dienone is 1. The summed E-state index contributed by atoms with van der Waals surface area (Å²) < 4.78 is 12.0. The highest BCUT2D eigenvalue weighted by Crippen LogP contribution is 2.42. The molecule has 0 aromatic rings. The molecule has 1 saturated heterocycles. The van der Waals surface area contributed by atoms with Gasteiger partial charge in [-0.1, -0.05) is 32.6 Å². The van der Waals surface area contributed by atoms with Gasteiger partial charge in [-0.15, -0.1) is 0 Å². The van der Waals surface area contributed by atoms with Gasteiger partial charge >= 0.3 is 0 Å². The number of unbranched alkanes of at least 4 members (excludes halogenated alkanes) is 3. The lowest BCUT2D eigenvalue weighted by atomic mass is 9.87. The first-order valence-corrected chi connectivity index (χ1v) is 7.98. The van der Waals surface area contributed by atoms with Crippen molar-refractivity contribution in [1.82, 2.24) is 0 Å². The van der Waals surface area contributed by atoms with E-state index in [1.165, 1.54) is 19.3 Å². The van der Waals surface area contributed by atoms with Crippen molar-refractivity contribution >= 4 is 5.78 Å². The van der Waals surface area contributed by atoms with Gasteiger partial charge in [0.1, 0.15) is 18.0 Å². The van der Waals surface area contributed by atoms with Crippen molar-refractivity contribution in [2.45, 2.75) is 82.7 Å². The Morgan fingerprint density at radius 2 is 2.15 bits per heavy atom. The highest BCUT2D eigenvalue weighted by molar-refractivity contribution is 6.01. The SMILES string of the molecule is CCCCCC[C@@H]1O[C@H]2C[C@@H]1OC1=C2C(=O)[C@H](O)CC1. The minimum Gasteiger partial charge on any atom is -0.491 e. The largest absolute Gasteiger partial charge is 0.491 e. The minimum atomic E-state index is -0.860. The molecule has 3 rings (SSSR count).